The smallest absolute Gasteiger partial charge is 0.219 e. The maximum absolute atomic E-state index is 12.5. The SMILES string of the molecule is N#Cc1ccc(N2CCN(S(=O)(=O)C3CCOC3)CC2)c(Cl)c1. The van der Waals surface area contributed by atoms with E-state index in [9.17, 15) is 8.42 Å². The number of rotatable bonds is 3. The number of nitrogens with zero attached hydrogens (tertiary/aromatic N) is 3. The van der Waals surface area contributed by atoms with Gasteiger partial charge in [-0.25, -0.2) is 8.42 Å². The second-order valence-electron chi connectivity index (χ2n) is 5.69. The fourth-order valence-electron chi connectivity index (χ4n) is 2.98. The molecule has 0 aromatic heterocycles. The van der Waals surface area contributed by atoms with E-state index in [0.29, 0.717) is 56.4 Å². The maximum atomic E-state index is 12.5. The monoisotopic (exact) mass is 355 g/mol. The first-order valence-corrected chi connectivity index (χ1v) is 9.42. The summed E-state index contributed by atoms with van der Waals surface area (Å²) in [6.07, 6.45) is 0.573. The predicted octanol–water partition coefficient (Wildman–Crippen LogP) is 1.45. The Hall–Kier alpha value is -1.33. The Morgan fingerprint density at radius 1 is 1.26 bits per heavy atom. The van der Waals surface area contributed by atoms with Gasteiger partial charge in [0.1, 0.15) is 5.25 Å². The molecule has 1 aromatic carbocycles. The van der Waals surface area contributed by atoms with Crippen LogP contribution in [0.3, 0.4) is 0 Å². The van der Waals surface area contributed by atoms with Crippen molar-refractivity contribution in [2.24, 2.45) is 0 Å². The van der Waals surface area contributed by atoms with Gasteiger partial charge in [0, 0.05) is 32.8 Å². The van der Waals surface area contributed by atoms with Gasteiger partial charge in [-0.1, -0.05) is 11.6 Å². The van der Waals surface area contributed by atoms with Gasteiger partial charge in [-0.05, 0) is 24.6 Å². The second kappa shape index (κ2) is 6.65. The molecule has 1 atom stereocenters. The predicted molar refractivity (Wildman–Crippen MR) is 88.1 cm³/mol. The maximum Gasteiger partial charge on any atom is 0.219 e. The van der Waals surface area contributed by atoms with Gasteiger partial charge in [-0.2, -0.15) is 9.57 Å². The van der Waals surface area contributed by atoms with Gasteiger partial charge in [-0.3, -0.25) is 0 Å². The molecule has 0 bridgehead atoms. The molecule has 0 amide bonds. The summed E-state index contributed by atoms with van der Waals surface area (Å²) in [6.45, 7) is 2.86. The van der Waals surface area contributed by atoms with Crippen molar-refractivity contribution in [3.05, 3.63) is 28.8 Å². The minimum absolute atomic E-state index is 0.296. The first-order valence-electron chi connectivity index (χ1n) is 7.53. The lowest BCUT2D eigenvalue weighted by Gasteiger charge is -2.36. The molecule has 0 spiro atoms. The minimum Gasteiger partial charge on any atom is -0.380 e. The number of hydrogen-bond acceptors (Lipinski definition) is 5. The quantitative estimate of drug-likeness (QED) is 0.820. The van der Waals surface area contributed by atoms with Crippen molar-refractivity contribution >= 4 is 27.3 Å². The van der Waals surface area contributed by atoms with Crippen molar-refractivity contribution in [1.82, 2.24) is 4.31 Å². The highest BCUT2D eigenvalue weighted by Gasteiger charge is 2.36. The summed E-state index contributed by atoms with van der Waals surface area (Å²) in [7, 11) is -3.28. The molecule has 6 nitrogen and oxygen atoms in total. The Morgan fingerprint density at radius 3 is 2.57 bits per heavy atom. The fraction of sp³-hybridized carbons (Fsp3) is 0.533. The lowest BCUT2D eigenvalue weighted by molar-refractivity contribution is 0.197. The highest BCUT2D eigenvalue weighted by Crippen LogP contribution is 2.28. The summed E-state index contributed by atoms with van der Waals surface area (Å²) >= 11 is 6.23. The van der Waals surface area contributed by atoms with Crippen LogP contribution in [0.1, 0.15) is 12.0 Å². The number of halogens is 1. The van der Waals surface area contributed by atoms with Gasteiger partial charge in [0.05, 0.1) is 28.9 Å². The van der Waals surface area contributed by atoms with Crippen LogP contribution in [0, 0.1) is 11.3 Å². The molecule has 0 radical (unpaired) electrons. The van der Waals surface area contributed by atoms with E-state index < -0.39 is 15.3 Å². The Labute approximate surface area is 141 Å². The molecule has 8 heteroatoms. The molecule has 2 aliphatic heterocycles. The van der Waals surface area contributed by atoms with Crippen molar-refractivity contribution in [2.45, 2.75) is 11.7 Å². The first kappa shape index (κ1) is 16.5. The number of ether oxygens (including phenoxy) is 1. The number of piperazine rings is 1. The van der Waals surface area contributed by atoms with Crippen LogP contribution >= 0.6 is 11.6 Å². The van der Waals surface area contributed by atoms with Crippen LogP contribution in [0.25, 0.3) is 0 Å². The zero-order valence-corrected chi connectivity index (χ0v) is 14.2. The van der Waals surface area contributed by atoms with E-state index in [2.05, 4.69) is 11.0 Å². The molecule has 1 unspecified atom stereocenters. The van der Waals surface area contributed by atoms with Crippen molar-refractivity contribution in [1.29, 1.82) is 5.26 Å². The van der Waals surface area contributed by atoms with Crippen LogP contribution in [-0.2, 0) is 14.8 Å². The van der Waals surface area contributed by atoms with Crippen molar-refractivity contribution in [3.63, 3.8) is 0 Å². The molecule has 2 fully saturated rings. The standard InChI is InChI=1S/C15H18ClN3O3S/c16-14-9-12(10-17)1-2-15(14)18-4-6-19(7-5-18)23(20,21)13-3-8-22-11-13/h1-2,9,13H,3-8,11H2. The highest BCUT2D eigenvalue weighted by atomic mass is 35.5. The molecule has 124 valence electrons. The van der Waals surface area contributed by atoms with Gasteiger partial charge in [-0.15, -0.1) is 0 Å². The Morgan fingerprint density at radius 2 is 2.00 bits per heavy atom. The van der Waals surface area contributed by atoms with E-state index in [1.807, 2.05) is 6.07 Å². The van der Waals surface area contributed by atoms with E-state index in [1.165, 1.54) is 0 Å². The zero-order valence-electron chi connectivity index (χ0n) is 12.6. The average Bonchev–Trinajstić information content (AvgIpc) is 3.10. The lowest BCUT2D eigenvalue weighted by atomic mass is 10.2. The van der Waals surface area contributed by atoms with E-state index >= 15 is 0 Å². The lowest BCUT2D eigenvalue weighted by Crippen LogP contribution is -2.51. The molecule has 0 saturated carbocycles. The molecular weight excluding hydrogens is 338 g/mol. The second-order valence-corrected chi connectivity index (χ2v) is 8.31. The molecule has 2 heterocycles. The number of hydrogen-bond donors (Lipinski definition) is 0. The van der Waals surface area contributed by atoms with Gasteiger partial charge >= 0.3 is 0 Å². The van der Waals surface area contributed by atoms with Gasteiger partial charge in [0.2, 0.25) is 10.0 Å². The molecule has 0 N–H and O–H groups in total. The van der Waals surface area contributed by atoms with E-state index in [1.54, 1.807) is 16.4 Å². The van der Waals surface area contributed by atoms with Crippen LogP contribution in [0.4, 0.5) is 5.69 Å². The highest BCUT2D eigenvalue weighted by molar-refractivity contribution is 7.89. The summed E-state index contributed by atoms with van der Waals surface area (Å²) in [5, 5.41) is 8.99. The van der Waals surface area contributed by atoms with E-state index in [4.69, 9.17) is 21.6 Å². The molecule has 2 aliphatic rings. The molecule has 1 aromatic rings. The number of sulfonamides is 1. The molecular formula is C15H18ClN3O3S. The van der Waals surface area contributed by atoms with Gasteiger partial charge < -0.3 is 9.64 Å². The number of benzene rings is 1. The van der Waals surface area contributed by atoms with Crippen molar-refractivity contribution in [3.8, 4) is 6.07 Å². The van der Waals surface area contributed by atoms with Crippen molar-refractivity contribution < 1.29 is 13.2 Å². The third-order valence-electron chi connectivity index (χ3n) is 4.33. The third kappa shape index (κ3) is 3.31. The summed E-state index contributed by atoms with van der Waals surface area (Å²) in [6, 6.07) is 7.23. The summed E-state index contributed by atoms with van der Waals surface area (Å²) in [5.74, 6) is 0. The number of nitriles is 1. The Balaban J connectivity index is 1.68. The normalized spacial score (nSPS) is 23.0. The van der Waals surface area contributed by atoms with Crippen molar-refractivity contribution in [2.75, 3.05) is 44.3 Å². The van der Waals surface area contributed by atoms with Crippen LogP contribution in [0.2, 0.25) is 5.02 Å². The van der Waals surface area contributed by atoms with Crippen LogP contribution in [0.5, 0.6) is 0 Å². The average molecular weight is 356 g/mol. The fourth-order valence-corrected chi connectivity index (χ4v) is 5.03. The minimum atomic E-state index is -3.28. The van der Waals surface area contributed by atoms with Crippen LogP contribution in [0.15, 0.2) is 18.2 Å². The Kier molecular flexibility index (Phi) is 4.78. The van der Waals surface area contributed by atoms with E-state index in [-0.39, 0.29) is 0 Å². The van der Waals surface area contributed by atoms with Gasteiger partial charge in [0.25, 0.3) is 0 Å². The molecule has 23 heavy (non-hydrogen) atoms. The first-order chi connectivity index (χ1) is 11.0. The summed E-state index contributed by atoms with van der Waals surface area (Å²) in [5.41, 5.74) is 1.35. The van der Waals surface area contributed by atoms with Crippen LogP contribution in [-0.4, -0.2) is 57.4 Å². The Bertz CT molecular complexity index is 718. The third-order valence-corrected chi connectivity index (χ3v) is 6.93. The van der Waals surface area contributed by atoms with Crippen LogP contribution < -0.4 is 4.90 Å². The zero-order chi connectivity index (χ0) is 16.4. The number of anilines is 1. The molecule has 2 saturated heterocycles. The largest absolute Gasteiger partial charge is 0.380 e. The summed E-state index contributed by atoms with van der Waals surface area (Å²) < 4.78 is 31.9. The topological polar surface area (TPSA) is 73.6 Å². The summed E-state index contributed by atoms with van der Waals surface area (Å²) in [4.78, 5) is 2.06. The van der Waals surface area contributed by atoms with Gasteiger partial charge in [0.15, 0.2) is 0 Å². The molecule has 0 aliphatic carbocycles. The van der Waals surface area contributed by atoms with E-state index in [0.717, 1.165) is 5.69 Å². The molecule has 3 rings (SSSR count).